The zero-order valence-electron chi connectivity index (χ0n) is 10.9. The first-order valence-electron chi connectivity index (χ1n) is 5.66. The number of thiazole rings is 1. The van der Waals surface area contributed by atoms with Crippen LogP contribution in [0.25, 0.3) is 0 Å². The number of aryl methyl sites for hydroxylation is 1. The van der Waals surface area contributed by atoms with E-state index in [4.69, 9.17) is 9.84 Å². The lowest BCUT2D eigenvalue weighted by atomic mass is 10.4. The van der Waals surface area contributed by atoms with Gasteiger partial charge in [0, 0.05) is 26.7 Å². The molecule has 0 fully saturated rings. The second kappa shape index (κ2) is 7.30. The average molecular weight is 273 g/mol. The number of hydrogen-bond acceptors (Lipinski definition) is 6. The predicted molar refractivity (Wildman–Crippen MR) is 71.7 cm³/mol. The number of rotatable bonds is 8. The van der Waals surface area contributed by atoms with Crippen LogP contribution < -0.4 is 5.32 Å². The third kappa shape index (κ3) is 4.59. The average Bonchev–Trinajstić information content (AvgIpc) is 2.68. The van der Waals surface area contributed by atoms with E-state index in [0.29, 0.717) is 22.3 Å². The first kappa shape index (κ1) is 14.9. The third-order valence-corrected chi connectivity index (χ3v) is 3.54. The molecule has 0 unspecified atom stereocenters. The van der Waals surface area contributed by atoms with Gasteiger partial charge in [-0.25, -0.2) is 9.78 Å². The van der Waals surface area contributed by atoms with Crippen molar-refractivity contribution in [2.45, 2.75) is 6.92 Å². The highest BCUT2D eigenvalue weighted by Gasteiger charge is 2.13. The van der Waals surface area contributed by atoms with Crippen molar-refractivity contribution >= 4 is 22.4 Å². The number of aromatic carboxylic acids is 1. The van der Waals surface area contributed by atoms with E-state index in [1.165, 1.54) is 11.3 Å². The summed E-state index contributed by atoms with van der Waals surface area (Å²) >= 11 is 1.17. The second-order valence-electron chi connectivity index (χ2n) is 3.96. The molecule has 0 spiro atoms. The molecule has 0 atom stereocenters. The predicted octanol–water partition coefficient (Wildman–Crippen LogP) is 1.14. The zero-order chi connectivity index (χ0) is 13.5. The van der Waals surface area contributed by atoms with E-state index in [9.17, 15) is 4.79 Å². The van der Waals surface area contributed by atoms with Gasteiger partial charge in [0.15, 0.2) is 5.13 Å². The van der Waals surface area contributed by atoms with Gasteiger partial charge in [0.05, 0.1) is 12.3 Å². The van der Waals surface area contributed by atoms with E-state index in [2.05, 4.69) is 15.2 Å². The second-order valence-corrected chi connectivity index (χ2v) is 4.96. The Morgan fingerprint density at radius 3 is 2.83 bits per heavy atom. The van der Waals surface area contributed by atoms with Crippen LogP contribution in [0, 0.1) is 6.92 Å². The molecule has 0 aliphatic rings. The molecule has 1 heterocycles. The lowest BCUT2D eigenvalue weighted by Gasteiger charge is -2.15. The number of nitrogens with one attached hydrogen (secondary N) is 1. The van der Waals surface area contributed by atoms with E-state index in [1.807, 2.05) is 7.05 Å². The lowest BCUT2D eigenvalue weighted by molar-refractivity contribution is 0.0701. The molecule has 18 heavy (non-hydrogen) atoms. The van der Waals surface area contributed by atoms with Gasteiger partial charge in [-0.2, -0.15) is 0 Å². The molecule has 0 aliphatic carbocycles. The molecule has 0 saturated carbocycles. The van der Waals surface area contributed by atoms with Crippen molar-refractivity contribution in [1.82, 2.24) is 9.88 Å². The molecule has 1 aromatic heterocycles. The molecule has 0 aliphatic heterocycles. The minimum Gasteiger partial charge on any atom is -0.477 e. The molecule has 0 bridgehead atoms. The van der Waals surface area contributed by atoms with E-state index >= 15 is 0 Å². The van der Waals surface area contributed by atoms with Crippen molar-refractivity contribution < 1.29 is 14.6 Å². The minimum absolute atomic E-state index is 0.297. The van der Waals surface area contributed by atoms with Crippen molar-refractivity contribution in [3.05, 3.63) is 10.6 Å². The standard InChI is InChI=1S/C11H19N3O3S/c1-8-9(10(15)16)18-11(13-8)12-4-5-14(2)6-7-17-3/h4-7H2,1-3H3,(H,12,13)(H,15,16). The number of carboxylic acid groups (broad SMARTS) is 1. The smallest absolute Gasteiger partial charge is 0.347 e. The van der Waals surface area contributed by atoms with Crippen LogP contribution in [0.15, 0.2) is 0 Å². The molecule has 6 nitrogen and oxygen atoms in total. The number of anilines is 1. The van der Waals surface area contributed by atoms with Crippen molar-refractivity contribution in [3.8, 4) is 0 Å². The van der Waals surface area contributed by atoms with Gasteiger partial charge in [-0.05, 0) is 14.0 Å². The van der Waals surface area contributed by atoms with Crippen LogP contribution in [0.5, 0.6) is 0 Å². The van der Waals surface area contributed by atoms with E-state index in [0.717, 1.165) is 19.6 Å². The summed E-state index contributed by atoms with van der Waals surface area (Å²) in [7, 11) is 3.69. The zero-order valence-corrected chi connectivity index (χ0v) is 11.7. The maximum atomic E-state index is 10.9. The number of hydrogen-bond donors (Lipinski definition) is 2. The number of carbonyl (C=O) groups is 1. The van der Waals surface area contributed by atoms with E-state index in [-0.39, 0.29) is 0 Å². The van der Waals surface area contributed by atoms with Crippen LogP contribution in [0.3, 0.4) is 0 Å². The number of carboxylic acids is 1. The highest BCUT2D eigenvalue weighted by atomic mass is 32.1. The van der Waals surface area contributed by atoms with Gasteiger partial charge >= 0.3 is 5.97 Å². The SMILES string of the molecule is COCCN(C)CCNc1nc(C)c(C(=O)O)s1. The van der Waals surface area contributed by atoms with Gasteiger partial charge in [-0.1, -0.05) is 11.3 Å². The molecule has 7 heteroatoms. The van der Waals surface area contributed by atoms with Gasteiger partial charge in [0.1, 0.15) is 4.88 Å². The maximum Gasteiger partial charge on any atom is 0.347 e. The van der Waals surface area contributed by atoms with Crippen LogP contribution in [-0.4, -0.2) is 61.4 Å². The Hall–Kier alpha value is -1.18. The van der Waals surface area contributed by atoms with E-state index in [1.54, 1.807) is 14.0 Å². The van der Waals surface area contributed by atoms with Gasteiger partial charge in [0.25, 0.3) is 0 Å². The Kier molecular flexibility index (Phi) is 6.03. The van der Waals surface area contributed by atoms with Gasteiger partial charge in [0.2, 0.25) is 0 Å². The summed E-state index contributed by atoms with van der Waals surface area (Å²) in [6.45, 7) is 4.86. The number of ether oxygens (including phenoxy) is 1. The van der Waals surface area contributed by atoms with Gasteiger partial charge in [-0.3, -0.25) is 0 Å². The van der Waals surface area contributed by atoms with Crippen LogP contribution in [0.4, 0.5) is 5.13 Å². The van der Waals surface area contributed by atoms with Crippen LogP contribution in [0.2, 0.25) is 0 Å². The Morgan fingerprint density at radius 2 is 2.28 bits per heavy atom. The summed E-state index contributed by atoms with van der Waals surface area (Å²) in [6.07, 6.45) is 0. The number of likely N-dealkylation sites (N-methyl/N-ethyl adjacent to an activating group) is 1. The van der Waals surface area contributed by atoms with Crippen molar-refractivity contribution in [1.29, 1.82) is 0 Å². The highest BCUT2D eigenvalue weighted by Crippen LogP contribution is 2.21. The molecule has 0 radical (unpaired) electrons. The Balaban J connectivity index is 2.35. The van der Waals surface area contributed by atoms with E-state index < -0.39 is 5.97 Å². The molecule has 1 rings (SSSR count). The maximum absolute atomic E-state index is 10.9. The summed E-state index contributed by atoms with van der Waals surface area (Å²) in [6, 6.07) is 0. The quantitative estimate of drug-likeness (QED) is 0.740. The summed E-state index contributed by atoms with van der Waals surface area (Å²) < 4.78 is 4.98. The number of nitrogens with zero attached hydrogens (tertiary/aromatic N) is 2. The number of aromatic nitrogens is 1. The topological polar surface area (TPSA) is 74.7 Å². The minimum atomic E-state index is -0.921. The fraction of sp³-hybridized carbons (Fsp3) is 0.636. The molecule has 0 amide bonds. The first-order chi connectivity index (χ1) is 8.54. The van der Waals surface area contributed by atoms with Crippen molar-refractivity contribution in [3.63, 3.8) is 0 Å². The van der Waals surface area contributed by atoms with Gasteiger partial charge < -0.3 is 20.1 Å². The molecule has 0 saturated heterocycles. The monoisotopic (exact) mass is 273 g/mol. The Labute approximate surface area is 111 Å². The first-order valence-corrected chi connectivity index (χ1v) is 6.48. The van der Waals surface area contributed by atoms with Crippen molar-refractivity contribution in [2.75, 3.05) is 45.7 Å². The fourth-order valence-electron chi connectivity index (χ4n) is 1.38. The van der Waals surface area contributed by atoms with Crippen LogP contribution in [-0.2, 0) is 4.74 Å². The Morgan fingerprint density at radius 1 is 1.56 bits per heavy atom. The Bertz CT molecular complexity index is 395. The molecular weight excluding hydrogens is 254 g/mol. The van der Waals surface area contributed by atoms with Crippen LogP contribution >= 0.6 is 11.3 Å². The summed E-state index contributed by atoms with van der Waals surface area (Å²) in [4.78, 5) is 17.5. The molecule has 2 N–H and O–H groups in total. The highest BCUT2D eigenvalue weighted by molar-refractivity contribution is 7.17. The number of methoxy groups -OCH3 is 1. The van der Waals surface area contributed by atoms with Gasteiger partial charge in [-0.15, -0.1) is 0 Å². The fourth-order valence-corrected chi connectivity index (χ4v) is 2.21. The lowest BCUT2D eigenvalue weighted by Crippen LogP contribution is -2.28. The third-order valence-electron chi connectivity index (χ3n) is 2.44. The molecular formula is C11H19N3O3S. The largest absolute Gasteiger partial charge is 0.477 e. The molecule has 1 aromatic rings. The molecule has 0 aromatic carbocycles. The van der Waals surface area contributed by atoms with Crippen LogP contribution in [0.1, 0.15) is 15.4 Å². The molecule has 102 valence electrons. The normalized spacial score (nSPS) is 10.9. The summed E-state index contributed by atoms with van der Waals surface area (Å²) in [5.74, 6) is -0.921. The van der Waals surface area contributed by atoms with Crippen molar-refractivity contribution in [2.24, 2.45) is 0 Å². The summed E-state index contributed by atoms with van der Waals surface area (Å²) in [5, 5.41) is 12.7. The summed E-state index contributed by atoms with van der Waals surface area (Å²) in [5.41, 5.74) is 0.558.